The van der Waals surface area contributed by atoms with E-state index < -0.39 is 21.8 Å². The van der Waals surface area contributed by atoms with Crippen LogP contribution in [0.4, 0.5) is 4.39 Å². The first-order chi connectivity index (χ1) is 11.4. The summed E-state index contributed by atoms with van der Waals surface area (Å²) >= 11 is 0. The lowest BCUT2D eigenvalue weighted by atomic mass is 10.1. The van der Waals surface area contributed by atoms with Crippen molar-refractivity contribution in [2.24, 2.45) is 0 Å². The molecule has 132 valence electrons. The number of hydrogen-bond acceptors (Lipinski definition) is 5. The smallest absolute Gasteiger partial charge is 0.263 e. The van der Waals surface area contributed by atoms with Gasteiger partial charge in [0.1, 0.15) is 0 Å². The standard InChI is InChI=1S/C16H21FN2O4S/c1-24(21,22)12-2-3-14(13(17)10-12)23-15-6-9-19(16(15)20)11-4-7-18-8-5-11/h2-3,10-11,15,18H,4-9H2,1H3. The number of nitrogens with one attached hydrogen (secondary N) is 1. The second-order valence-electron chi connectivity index (χ2n) is 6.27. The van der Waals surface area contributed by atoms with Crippen molar-refractivity contribution < 1.29 is 22.3 Å². The van der Waals surface area contributed by atoms with Crippen molar-refractivity contribution >= 4 is 15.7 Å². The molecule has 8 heteroatoms. The van der Waals surface area contributed by atoms with Crippen LogP contribution in [0.25, 0.3) is 0 Å². The number of ether oxygens (including phenoxy) is 1. The number of sulfone groups is 1. The molecule has 6 nitrogen and oxygen atoms in total. The molecule has 2 fully saturated rings. The van der Waals surface area contributed by atoms with Crippen LogP contribution in [0.3, 0.4) is 0 Å². The third-order valence-electron chi connectivity index (χ3n) is 4.54. The van der Waals surface area contributed by atoms with E-state index in [1.54, 1.807) is 0 Å². The zero-order chi connectivity index (χ0) is 17.3. The number of carbonyl (C=O) groups is 1. The van der Waals surface area contributed by atoms with Crippen molar-refractivity contribution in [1.29, 1.82) is 0 Å². The minimum Gasteiger partial charge on any atom is -0.477 e. The van der Waals surface area contributed by atoms with Gasteiger partial charge >= 0.3 is 0 Å². The molecule has 1 aromatic carbocycles. The predicted octanol–water partition coefficient (Wildman–Crippen LogP) is 0.961. The first-order valence-electron chi connectivity index (χ1n) is 8.04. The van der Waals surface area contributed by atoms with Gasteiger partial charge in [0.25, 0.3) is 5.91 Å². The SMILES string of the molecule is CS(=O)(=O)c1ccc(OC2CCN(C3CCNCC3)C2=O)c(F)c1. The summed E-state index contributed by atoms with van der Waals surface area (Å²) in [5.74, 6) is -0.979. The minimum atomic E-state index is -3.48. The fourth-order valence-corrected chi connectivity index (χ4v) is 3.86. The second-order valence-corrected chi connectivity index (χ2v) is 8.29. The lowest BCUT2D eigenvalue weighted by Gasteiger charge is -2.31. The Hall–Kier alpha value is -1.67. The highest BCUT2D eigenvalue weighted by Gasteiger charge is 2.38. The van der Waals surface area contributed by atoms with E-state index in [1.165, 1.54) is 12.1 Å². The fraction of sp³-hybridized carbons (Fsp3) is 0.562. The Morgan fingerprint density at radius 2 is 1.96 bits per heavy atom. The molecule has 0 aromatic heterocycles. The Labute approximate surface area is 140 Å². The first kappa shape index (κ1) is 17.2. The number of carbonyl (C=O) groups excluding carboxylic acids is 1. The number of halogens is 1. The normalized spacial score (nSPS) is 22.8. The monoisotopic (exact) mass is 356 g/mol. The summed E-state index contributed by atoms with van der Waals surface area (Å²) in [5.41, 5.74) is 0. The molecular weight excluding hydrogens is 335 g/mol. The summed E-state index contributed by atoms with van der Waals surface area (Å²) in [6.07, 6.45) is 2.64. The van der Waals surface area contributed by atoms with Gasteiger partial charge in [-0.3, -0.25) is 4.79 Å². The Morgan fingerprint density at radius 3 is 2.58 bits per heavy atom. The van der Waals surface area contributed by atoms with Crippen molar-refractivity contribution in [2.75, 3.05) is 25.9 Å². The van der Waals surface area contributed by atoms with Crippen molar-refractivity contribution in [2.45, 2.75) is 36.3 Å². The van der Waals surface area contributed by atoms with Crippen LogP contribution in [0, 0.1) is 5.82 Å². The zero-order valence-electron chi connectivity index (χ0n) is 13.5. The third kappa shape index (κ3) is 3.54. The minimum absolute atomic E-state index is 0.0899. The average Bonchev–Trinajstić information content (AvgIpc) is 2.90. The highest BCUT2D eigenvalue weighted by molar-refractivity contribution is 7.90. The maximum Gasteiger partial charge on any atom is 0.263 e. The second kappa shape index (κ2) is 6.68. The topological polar surface area (TPSA) is 75.7 Å². The van der Waals surface area contributed by atoms with E-state index in [0.29, 0.717) is 13.0 Å². The van der Waals surface area contributed by atoms with Crippen LogP contribution < -0.4 is 10.1 Å². The van der Waals surface area contributed by atoms with Gasteiger partial charge in [0.05, 0.1) is 4.90 Å². The summed E-state index contributed by atoms with van der Waals surface area (Å²) in [5, 5.41) is 3.26. The van der Waals surface area contributed by atoms with Gasteiger partial charge in [-0.1, -0.05) is 0 Å². The van der Waals surface area contributed by atoms with Crippen LogP contribution >= 0.6 is 0 Å². The van der Waals surface area contributed by atoms with E-state index in [1.807, 2.05) is 4.90 Å². The molecule has 24 heavy (non-hydrogen) atoms. The highest BCUT2D eigenvalue weighted by atomic mass is 32.2. The van der Waals surface area contributed by atoms with Crippen LogP contribution in [0.15, 0.2) is 23.1 Å². The molecule has 0 saturated carbocycles. The Bertz CT molecular complexity index is 732. The molecule has 0 spiro atoms. The number of nitrogens with zero attached hydrogens (tertiary/aromatic N) is 1. The van der Waals surface area contributed by atoms with Gasteiger partial charge in [-0.2, -0.15) is 0 Å². The fourth-order valence-electron chi connectivity index (χ4n) is 3.23. The van der Waals surface area contributed by atoms with E-state index in [2.05, 4.69) is 5.32 Å². The molecule has 2 heterocycles. The highest BCUT2D eigenvalue weighted by Crippen LogP contribution is 2.27. The van der Waals surface area contributed by atoms with Crippen molar-refractivity contribution in [1.82, 2.24) is 10.2 Å². The van der Waals surface area contributed by atoms with Gasteiger partial charge < -0.3 is 15.0 Å². The van der Waals surface area contributed by atoms with Gasteiger partial charge in [0.15, 0.2) is 27.5 Å². The number of benzene rings is 1. The Balaban J connectivity index is 1.69. The maximum absolute atomic E-state index is 14.1. The van der Waals surface area contributed by atoms with Gasteiger partial charge in [-0.25, -0.2) is 12.8 Å². The zero-order valence-corrected chi connectivity index (χ0v) is 14.3. The van der Waals surface area contributed by atoms with E-state index in [9.17, 15) is 17.6 Å². The summed E-state index contributed by atoms with van der Waals surface area (Å²) in [4.78, 5) is 14.2. The molecule has 0 bridgehead atoms. The van der Waals surface area contributed by atoms with Crippen LogP contribution in [0.5, 0.6) is 5.75 Å². The molecular formula is C16H21FN2O4S. The van der Waals surface area contributed by atoms with E-state index in [0.717, 1.165) is 38.3 Å². The quantitative estimate of drug-likeness (QED) is 0.870. The number of hydrogen-bond donors (Lipinski definition) is 1. The summed E-state index contributed by atoms with van der Waals surface area (Å²) in [7, 11) is -3.48. The molecule has 2 aliphatic heterocycles. The molecule has 1 atom stereocenters. The molecule has 3 rings (SSSR count). The summed E-state index contributed by atoms with van der Waals surface area (Å²) < 4.78 is 42.5. The van der Waals surface area contributed by atoms with Crippen LogP contribution in [-0.4, -0.2) is 57.3 Å². The maximum atomic E-state index is 14.1. The van der Waals surface area contributed by atoms with Crippen molar-refractivity contribution in [3.63, 3.8) is 0 Å². The Kier molecular flexibility index (Phi) is 4.78. The number of piperidine rings is 1. The summed E-state index contributed by atoms with van der Waals surface area (Å²) in [6, 6.07) is 3.70. The molecule has 0 aliphatic carbocycles. The summed E-state index contributed by atoms with van der Waals surface area (Å²) in [6.45, 7) is 2.39. The van der Waals surface area contributed by atoms with E-state index >= 15 is 0 Å². The molecule has 2 aliphatic rings. The predicted molar refractivity (Wildman–Crippen MR) is 86.1 cm³/mol. The van der Waals surface area contributed by atoms with E-state index in [-0.39, 0.29) is 22.6 Å². The molecule has 1 aromatic rings. The van der Waals surface area contributed by atoms with Crippen molar-refractivity contribution in [3.05, 3.63) is 24.0 Å². The molecule has 1 N–H and O–H groups in total. The number of amides is 1. The third-order valence-corrected chi connectivity index (χ3v) is 5.65. The molecule has 2 saturated heterocycles. The Morgan fingerprint density at radius 1 is 1.25 bits per heavy atom. The number of likely N-dealkylation sites (tertiary alicyclic amines) is 1. The van der Waals surface area contributed by atoms with Gasteiger partial charge in [-0.05, 0) is 44.1 Å². The molecule has 0 radical (unpaired) electrons. The van der Waals surface area contributed by atoms with Gasteiger partial charge in [0.2, 0.25) is 0 Å². The number of rotatable bonds is 4. The van der Waals surface area contributed by atoms with Crippen LogP contribution in [0.2, 0.25) is 0 Å². The van der Waals surface area contributed by atoms with Gasteiger partial charge in [0, 0.05) is 25.3 Å². The van der Waals surface area contributed by atoms with E-state index in [4.69, 9.17) is 4.74 Å². The molecule has 1 amide bonds. The largest absolute Gasteiger partial charge is 0.477 e. The van der Waals surface area contributed by atoms with Crippen molar-refractivity contribution in [3.8, 4) is 5.75 Å². The average molecular weight is 356 g/mol. The first-order valence-corrected chi connectivity index (χ1v) is 9.93. The van der Waals surface area contributed by atoms with Crippen LogP contribution in [-0.2, 0) is 14.6 Å². The molecule has 1 unspecified atom stereocenters. The lowest BCUT2D eigenvalue weighted by Crippen LogP contribution is -2.45. The lowest BCUT2D eigenvalue weighted by molar-refractivity contribution is -0.135. The van der Waals surface area contributed by atoms with Crippen LogP contribution in [0.1, 0.15) is 19.3 Å². The van der Waals surface area contributed by atoms with Gasteiger partial charge in [-0.15, -0.1) is 0 Å².